The first-order chi connectivity index (χ1) is 7.75. The fourth-order valence-corrected chi connectivity index (χ4v) is 2.25. The van der Waals surface area contributed by atoms with Crippen LogP contribution in [0.15, 0.2) is 28.7 Å². The van der Waals surface area contributed by atoms with Gasteiger partial charge in [0.05, 0.1) is 0 Å². The minimum Gasteiger partial charge on any atom is -0.385 e. The van der Waals surface area contributed by atoms with E-state index >= 15 is 0 Å². The normalized spacial score (nSPS) is 12.7. The molecular weight excluding hydrogens is 266 g/mol. The number of methoxy groups -OCH3 is 1. The molecule has 0 spiro atoms. The molecule has 0 aliphatic carbocycles. The molecule has 0 fully saturated rings. The second-order valence-electron chi connectivity index (χ2n) is 3.90. The molecule has 1 aromatic carbocycles. The first kappa shape index (κ1) is 13.7. The van der Waals surface area contributed by atoms with E-state index in [4.69, 9.17) is 4.74 Å². The van der Waals surface area contributed by atoms with Crippen molar-refractivity contribution in [3.05, 3.63) is 34.3 Å². The molecular formula is C13H20BrNO. The van der Waals surface area contributed by atoms with Gasteiger partial charge in [0.2, 0.25) is 0 Å². The van der Waals surface area contributed by atoms with Crippen LogP contribution in [0.1, 0.15) is 31.4 Å². The van der Waals surface area contributed by atoms with Crippen LogP contribution >= 0.6 is 15.9 Å². The summed E-state index contributed by atoms with van der Waals surface area (Å²) >= 11 is 3.57. The van der Waals surface area contributed by atoms with E-state index in [2.05, 4.69) is 46.4 Å². The molecule has 3 heteroatoms. The van der Waals surface area contributed by atoms with E-state index in [1.807, 2.05) is 6.07 Å². The van der Waals surface area contributed by atoms with Crippen LogP contribution in [0.4, 0.5) is 0 Å². The van der Waals surface area contributed by atoms with Crippen molar-refractivity contribution < 1.29 is 4.74 Å². The van der Waals surface area contributed by atoms with Crippen molar-refractivity contribution in [2.45, 2.75) is 25.8 Å². The lowest BCUT2D eigenvalue weighted by molar-refractivity contribution is 0.192. The lowest BCUT2D eigenvalue weighted by Crippen LogP contribution is -2.20. The molecule has 0 amide bonds. The van der Waals surface area contributed by atoms with Gasteiger partial charge in [-0.15, -0.1) is 0 Å². The second-order valence-corrected chi connectivity index (χ2v) is 4.75. The van der Waals surface area contributed by atoms with Crippen LogP contribution in [0, 0.1) is 0 Å². The van der Waals surface area contributed by atoms with Gasteiger partial charge in [-0.05, 0) is 37.9 Å². The van der Waals surface area contributed by atoms with Gasteiger partial charge in [-0.25, -0.2) is 0 Å². The maximum Gasteiger partial charge on any atom is 0.0462 e. The number of ether oxygens (including phenoxy) is 1. The maximum absolute atomic E-state index is 5.02. The quantitative estimate of drug-likeness (QED) is 0.774. The van der Waals surface area contributed by atoms with Gasteiger partial charge in [-0.1, -0.05) is 34.1 Å². The Morgan fingerprint density at radius 3 is 2.75 bits per heavy atom. The standard InChI is InChI=1S/C13H20BrNO/c1-11(15-9-5-6-10-16-2)12-7-3-4-8-13(12)14/h3-4,7-8,11,15H,5-6,9-10H2,1-2H3. The molecule has 1 atom stereocenters. The molecule has 0 bridgehead atoms. The van der Waals surface area contributed by atoms with Gasteiger partial charge in [0.25, 0.3) is 0 Å². The zero-order chi connectivity index (χ0) is 11.8. The third kappa shape index (κ3) is 4.64. The van der Waals surface area contributed by atoms with Crippen molar-refractivity contribution in [2.24, 2.45) is 0 Å². The van der Waals surface area contributed by atoms with E-state index in [1.165, 1.54) is 10.0 Å². The van der Waals surface area contributed by atoms with Crippen LogP contribution in [-0.2, 0) is 4.74 Å². The number of unbranched alkanes of at least 4 members (excludes halogenated alkanes) is 1. The van der Waals surface area contributed by atoms with Crippen LogP contribution in [0.25, 0.3) is 0 Å². The Morgan fingerprint density at radius 1 is 1.31 bits per heavy atom. The minimum absolute atomic E-state index is 0.387. The topological polar surface area (TPSA) is 21.3 Å². The van der Waals surface area contributed by atoms with E-state index in [0.717, 1.165) is 26.0 Å². The molecule has 16 heavy (non-hydrogen) atoms. The predicted molar refractivity (Wildman–Crippen MR) is 71.7 cm³/mol. The first-order valence-corrected chi connectivity index (χ1v) is 6.51. The highest BCUT2D eigenvalue weighted by Gasteiger charge is 2.06. The van der Waals surface area contributed by atoms with Crippen molar-refractivity contribution >= 4 is 15.9 Å². The first-order valence-electron chi connectivity index (χ1n) is 5.72. The van der Waals surface area contributed by atoms with E-state index in [0.29, 0.717) is 6.04 Å². The van der Waals surface area contributed by atoms with Crippen LogP contribution < -0.4 is 5.32 Å². The summed E-state index contributed by atoms with van der Waals surface area (Å²) in [5.74, 6) is 0. The third-order valence-corrected chi connectivity index (χ3v) is 3.32. The number of rotatable bonds is 7. The summed E-state index contributed by atoms with van der Waals surface area (Å²) < 4.78 is 6.19. The van der Waals surface area contributed by atoms with Gasteiger partial charge in [-0.2, -0.15) is 0 Å². The summed E-state index contributed by atoms with van der Waals surface area (Å²) in [6, 6.07) is 8.73. The van der Waals surface area contributed by atoms with Crippen LogP contribution in [0.3, 0.4) is 0 Å². The van der Waals surface area contributed by atoms with E-state index in [9.17, 15) is 0 Å². The molecule has 90 valence electrons. The Hall–Kier alpha value is -0.380. The summed E-state index contributed by atoms with van der Waals surface area (Å²) in [6.07, 6.45) is 2.27. The molecule has 0 saturated carbocycles. The molecule has 0 aliphatic rings. The van der Waals surface area contributed by atoms with E-state index < -0.39 is 0 Å². The summed E-state index contributed by atoms with van der Waals surface area (Å²) in [6.45, 7) is 4.08. The summed E-state index contributed by atoms with van der Waals surface area (Å²) in [4.78, 5) is 0. The lowest BCUT2D eigenvalue weighted by Gasteiger charge is -2.15. The Labute approximate surface area is 107 Å². The van der Waals surface area contributed by atoms with Gasteiger partial charge in [0.15, 0.2) is 0 Å². The monoisotopic (exact) mass is 285 g/mol. The molecule has 1 aromatic rings. The van der Waals surface area contributed by atoms with Crippen molar-refractivity contribution in [3.8, 4) is 0 Å². The number of benzene rings is 1. The molecule has 0 saturated heterocycles. The summed E-state index contributed by atoms with van der Waals surface area (Å²) in [5.41, 5.74) is 1.31. The van der Waals surface area contributed by atoms with Gasteiger partial charge in [0.1, 0.15) is 0 Å². The predicted octanol–water partition coefficient (Wildman–Crippen LogP) is 3.53. The van der Waals surface area contributed by atoms with E-state index in [1.54, 1.807) is 7.11 Å². The largest absolute Gasteiger partial charge is 0.385 e. The molecule has 1 unspecified atom stereocenters. The minimum atomic E-state index is 0.387. The van der Waals surface area contributed by atoms with Crippen LogP contribution in [0.5, 0.6) is 0 Å². The molecule has 0 heterocycles. The fourth-order valence-electron chi connectivity index (χ4n) is 1.63. The van der Waals surface area contributed by atoms with Gasteiger partial charge >= 0.3 is 0 Å². The van der Waals surface area contributed by atoms with Crippen molar-refractivity contribution in [1.82, 2.24) is 5.32 Å². The van der Waals surface area contributed by atoms with E-state index in [-0.39, 0.29) is 0 Å². The molecule has 1 N–H and O–H groups in total. The van der Waals surface area contributed by atoms with Crippen molar-refractivity contribution in [1.29, 1.82) is 0 Å². The summed E-state index contributed by atoms with van der Waals surface area (Å²) in [5, 5.41) is 3.51. The molecule has 2 nitrogen and oxygen atoms in total. The highest BCUT2D eigenvalue weighted by atomic mass is 79.9. The average Bonchev–Trinajstić information content (AvgIpc) is 2.29. The Balaban J connectivity index is 2.30. The highest BCUT2D eigenvalue weighted by molar-refractivity contribution is 9.10. The average molecular weight is 286 g/mol. The van der Waals surface area contributed by atoms with Gasteiger partial charge < -0.3 is 10.1 Å². The highest BCUT2D eigenvalue weighted by Crippen LogP contribution is 2.22. The Bertz CT molecular complexity index is 304. The van der Waals surface area contributed by atoms with Crippen molar-refractivity contribution in [2.75, 3.05) is 20.3 Å². The van der Waals surface area contributed by atoms with Crippen molar-refractivity contribution in [3.63, 3.8) is 0 Å². The third-order valence-electron chi connectivity index (χ3n) is 2.60. The van der Waals surface area contributed by atoms with Crippen LogP contribution in [0.2, 0.25) is 0 Å². The molecule has 0 aromatic heterocycles. The summed E-state index contributed by atoms with van der Waals surface area (Å²) in [7, 11) is 1.75. The zero-order valence-corrected chi connectivity index (χ0v) is 11.6. The lowest BCUT2D eigenvalue weighted by atomic mass is 10.1. The molecule has 0 aliphatic heterocycles. The Morgan fingerprint density at radius 2 is 2.06 bits per heavy atom. The van der Waals surface area contributed by atoms with Gasteiger partial charge in [-0.3, -0.25) is 0 Å². The maximum atomic E-state index is 5.02. The Kier molecular flexibility index (Phi) is 6.69. The van der Waals surface area contributed by atoms with Crippen LogP contribution in [-0.4, -0.2) is 20.3 Å². The molecule has 1 rings (SSSR count). The fraction of sp³-hybridized carbons (Fsp3) is 0.538. The number of hydrogen-bond donors (Lipinski definition) is 1. The zero-order valence-electron chi connectivity index (χ0n) is 10.0. The number of halogens is 1. The smallest absolute Gasteiger partial charge is 0.0462 e. The SMILES string of the molecule is COCCCCNC(C)c1ccccc1Br. The molecule has 0 radical (unpaired) electrons. The van der Waals surface area contributed by atoms with Gasteiger partial charge in [0, 0.05) is 24.2 Å². The number of hydrogen-bond acceptors (Lipinski definition) is 2. The second kappa shape index (κ2) is 7.82. The number of nitrogens with one attached hydrogen (secondary N) is 1.